The number of hydrogen-bond acceptors (Lipinski definition) is 7. The maximum absolute atomic E-state index is 11.6. The van der Waals surface area contributed by atoms with Crippen molar-refractivity contribution in [3.8, 4) is 5.75 Å². The molecule has 1 unspecified atom stereocenters. The number of nitrogens with zero attached hydrogens (tertiary/aromatic N) is 1. The predicted molar refractivity (Wildman–Crippen MR) is 98.5 cm³/mol. The van der Waals surface area contributed by atoms with E-state index in [0.717, 1.165) is 0 Å². The molecule has 0 bridgehead atoms. The zero-order valence-corrected chi connectivity index (χ0v) is 15.0. The molecular formula is C19H22N3O5-. The fourth-order valence-electron chi connectivity index (χ4n) is 2.51. The first-order valence-electron chi connectivity index (χ1n) is 8.31. The number of aliphatic hydroxyl groups is 1. The Bertz CT molecular complexity index is 819. The van der Waals surface area contributed by atoms with Gasteiger partial charge in [0.25, 0.3) is 0 Å². The van der Waals surface area contributed by atoms with Gasteiger partial charge in [-0.2, -0.15) is 0 Å². The third kappa shape index (κ3) is 5.11. The summed E-state index contributed by atoms with van der Waals surface area (Å²) in [7, 11) is 0. The van der Waals surface area contributed by atoms with Gasteiger partial charge in [-0.15, -0.1) is 0 Å². The van der Waals surface area contributed by atoms with Crippen molar-refractivity contribution in [1.82, 2.24) is 0 Å². The van der Waals surface area contributed by atoms with Crippen LogP contribution in [-0.4, -0.2) is 28.2 Å². The summed E-state index contributed by atoms with van der Waals surface area (Å²) in [6, 6.07) is 10.0. The highest BCUT2D eigenvalue weighted by molar-refractivity contribution is 5.97. The van der Waals surface area contributed by atoms with E-state index in [1.54, 1.807) is 42.5 Å². The number of carbonyl (C=O) groups is 1. The molecule has 2 aromatic carbocycles. The van der Waals surface area contributed by atoms with Crippen molar-refractivity contribution in [2.45, 2.75) is 32.6 Å². The fraction of sp³-hybridized carbons (Fsp3) is 0.263. The number of nitrogens with one attached hydrogen (secondary N) is 1. The number of amidine groups is 1. The number of carbonyl (C=O) groups excluding carboxylic acids is 1. The van der Waals surface area contributed by atoms with Crippen molar-refractivity contribution < 1.29 is 25.0 Å². The summed E-state index contributed by atoms with van der Waals surface area (Å²) in [5.74, 6) is -0.875. The number of carboxylic acid groups (broad SMARTS) is 1. The third-order valence-electron chi connectivity index (χ3n) is 3.79. The first kappa shape index (κ1) is 20.1. The zero-order chi connectivity index (χ0) is 20.0. The van der Waals surface area contributed by atoms with Gasteiger partial charge in [-0.1, -0.05) is 11.2 Å². The quantitative estimate of drug-likeness (QED) is 0.234. The number of rotatable bonds is 8. The summed E-state index contributed by atoms with van der Waals surface area (Å²) in [5, 5.41) is 35.7. The normalized spacial score (nSPS) is 12.7. The van der Waals surface area contributed by atoms with E-state index in [1.165, 1.54) is 0 Å². The van der Waals surface area contributed by atoms with E-state index in [0.29, 0.717) is 28.1 Å². The molecule has 0 spiro atoms. The fourth-order valence-corrected chi connectivity index (χ4v) is 2.51. The van der Waals surface area contributed by atoms with E-state index in [2.05, 4.69) is 10.5 Å². The van der Waals surface area contributed by atoms with E-state index in [1.807, 2.05) is 13.8 Å². The molecule has 0 heterocycles. The Morgan fingerprint density at radius 3 is 2.44 bits per heavy atom. The van der Waals surface area contributed by atoms with Crippen LogP contribution < -0.4 is 20.9 Å². The van der Waals surface area contributed by atoms with Crippen LogP contribution in [0.5, 0.6) is 5.75 Å². The molecule has 8 nitrogen and oxygen atoms in total. The van der Waals surface area contributed by atoms with Crippen LogP contribution in [0.3, 0.4) is 0 Å². The SMILES string of the molecule is CC(C)Oc1ccc(C(Nc2ccc(/C(N)=N\O)cc2)C(=O)[O-])cc1CO. The van der Waals surface area contributed by atoms with Gasteiger partial charge in [0.1, 0.15) is 5.75 Å². The molecule has 2 rings (SSSR count). The number of aliphatic carboxylic acids is 1. The van der Waals surface area contributed by atoms with Gasteiger partial charge in [-0.25, -0.2) is 0 Å². The molecule has 1 atom stereocenters. The molecule has 0 saturated carbocycles. The largest absolute Gasteiger partial charge is 0.548 e. The maximum atomic E-state index is 11.6. The van der Waals surface area contributed by atoms with Crippen molar-refractivity contribution in [3.63, 3.8) is 0 Å². The molecule has 0 amide bonds. The molecule has 0 aromatic heterocycles. The summed E-state index contributed by atoms with van der Waals surface area (Å²) in [4.78, 5) is 11.6. The van der Waals surface area contributed by atoms with Gasteiger partial charge in [0, 0.05) is 16.8 Å². The van der Waals surface area contributed by atoms with Gasteiger partial charge >= 0.3 is 0 Å². The van der Waals surface area contributed by atoms with Crippen molar-refractivity contribution in [2.24, 2.45) is 10.9 Å². The number of hydrogen-bond donors (Lipinski definition) is 4. The Morgan fingerprint density at radius 1 is 1.26 bits per heavy atom. The van der Waals surface area contributed by atoms with Gasteiger partial charge < -0.3 is 36.0 Å². The van der Waals surface area contributed by atoms with Gasteiger partial charge in [-0.05, 0) is 55.8 Å². The molecular weight excluding hydrogens is 350 g/mol. The van der Waals surface area contributed by atoms with Crippen molar-refractivity contribution in [2.75, 3.05) is 5.32 Å². The van der Waals surface area contributed by atoms with Crippen molar-refractivity contribution in [1.29, 1.82) is 0 Å². The number of anilines is 1. The Balaban J connectivity index is 2.28. The molecule has 144 valence electrons. The number of benzene rings is 2. The predicted octanol–water partition coefficient (Wildman–Crippen LogP) is 0.964. The second-order valence-corrected chi connectivity index (χ2v) is 6.15. The minimum Gasteiger partial charge on any atom is -0.548 e. The number of ether oxygens (including phenoxy) is 1. The lowest BCUT2D eigenvalue weighted by molar-refractivity contribution is -0.307. The molecule has 0 aliphatic heterocycles. The van der Waals surface area contributed by atoms with Crippen molar-refractivity contribution >= 4 is 17.5 Å². The second kappa shape index (κ2) is 8.91. The van der Waals surface area contributed by atoms with Crippen LogP contribution in [0.4, 0.5) is 5.69 Å². The number of oxime groups is 1. The van der Waals surface area contributed by atoms with E-state index < -0.39 is 12.0 Å². The molecule has 5 N–H and O–H groups in total. The van der Waals surface area contributed by atoms with Gasteiger partial charge in [0.15, 0.2) is 5.84 Å². The molecule has 0 saturated heterocycles. The van der Waals surface area contributed by atoms with Crippen LogP contribution in [0.2, 0.25) is 0 Å². The van der Waals surface area contributed by atoms with Crippen molar-refractivity contribution in [3.05, 3.63) is 59.2 Å². The number of carboxylic acids is 1. The first-order valence-corrected chi connectivity index (χ1v) is 8.31. The third-order valence-corrected chi connectivity index (χ3v) is 3.79. The van der Waals surface area contributed by atoms with E-state index in [-0.39, 0.29) is 18.5 Å². The molecule has 0 aliphatic carbocycles. The topological polar surface area (TPSA) is 140 Å². The highest BCUT2D eigenvalue weighted by atomic mass is 16.5. The second-order valence-electron chi connectivity index (χ2n) is 6.15. The average molecular weight is 372 g/mol. The summed E-state index contributed by atoms with van der Waals surface area (Å²) in [6.07, 6.45) is -0.0791. The van der Waals surface area contributed by atoms with E-state index >= 15 is 0 Å². The molecule has 2 aromatic rings. The first-order chi connectivity index (χ1) is 12.8. The molecule has 0 aliphatic rings. The summed E-state index contributed by atoms with van der Waals surface area (Å²) < 4.78 is 5.61. The van der Waals surface area contributed by atoms with E-state index in [9.17, 15) is 15.0 Å². The lowest BCUT2D eigenvalue weighted by Crippen LogP contribution is -2.34. The van der Waals surface area contributed by atoms with Gasteiger partial charge in [0.2, 0.25) is 0 Å². The monoisotopic (exact) mass is 372 g/mol. The molecule has 8 heteroatoms. The van der Waals surface area contributed by atoms with Gasteiger partial charge in [-0.3, -0.25) is 0 Å². The van der Waals surface area contributed by atoms with E-state index in [4.69, 9.17) is 15.7 Å². The van der Waals surface area contributed by atoms with Gasteiger partial charge in [0.05, 0.1) is 24.7 Å². The summed E-state index contributed by atoms with van der Waals surface area (Å²) in [5.41, 5.74) is 7.40. The summed E-state index contributed by atoms with van der Waals surface area (Å²) in [6.45, 7) is 3.43. The number of aliphatic hydroxyl groups excluding tert-OH is 1. The zero-order valence-electron chi connectivity index (χ0n) is 15.0. The minimum absolute atomic E-state index is 0.0497. The smallest absolute Gasteiger partial charge is 0.170 e. The molecule has 0 radical (unpaired) electrons. The van der Waals surface area contributed by atoms with Crippen LogP contribution in [0, 0.1) is 0 Å². The Hall–Kier alpha value is -3.26. The highest BCUT2D eigenvalue weighted by Gasteiger charge is 2.16. The lowest BCUT2D eigenvalue weighted by Gasteiger charge is -2.23. The van der Waals surface area contributed by atoms with Crippen LogP contribution in [-0.2, 0) is 11.4 Å². The van der Waals surface area contributed by atoms with Crippen LogP contribution in [0.25, 0.3) is 0 Å². The highest BCUT2D eigenvalue weighted by Crippen LogP contribution is 2.27. The van der Waals surface area contributed by atoms with Crippen LogP contribution in [0.1, 0.15) is 36.6 Å². The standard InChI is InChI=1S/C19H23N3O5/c1-11(2)27-16-8-5-13(9-14(16)10-23)17(19(24)25)21-15-6-3-12(4-7-15)18(20)22-26/h3-9,11,17,21,23,26H,10H2,1-2H3,(H2,20,22)(H,24,25)/p-1. The Kier molecular flexibility index (Phi) is 6.62. The lowest BCUT2D eigenvalue weighted by atomic mass is 10.0. The van der Waals surface area contributed by atoms with Crippen LogP contribution >= 0.6 is 0 Å². The maximum Gasteiger partial charge on any atom is 0.170 e. The minimum atomic E-state index is -1.32. The van der Waals surface area contributed by atoms with Crippen LogP contribution in [0.15, 0.2) is 47.6 Å². The summed E-state index contributed by atoms with van der Waals surface area (Å²) >= 11 is 0. The Labute approximate surface area is 156 Å². The average Bonchev–Trinajstić information content (AvgIpc) is 2.65. The molecule has 0 fully saturated rings. The number of nitrogens with two attached hydrogens (primary N) is 1. The molecule has 27 heavy (non-hydrogen) atoms. The Morgan fingerprint density at radius 2 is 1.93 bits per heavy atom.